The van der Waals surface area contributed by atoms with Crippen LogP contribution < -0.4 is 5.32 Å². The second-order valence-electron chi connectivity index (χ2n) is 4.06. The van der Waals surface area contributed by atoms with Gasteiger partial charge in [-0.05, 0) is 41.8 Å². The maximum atomic E-state index is 12.1. The van der Waals surface area contributed by atoms with Gasteiger partial charge in [0, 0.05) is 17.2 Å². The number of carbonyl (C=O) groups excluding carboxylic acids is 1. The molecular weight excluding hydrogens is 312 g/mol. The topological polar surface area (TPSA) is 71.3 Å². The van der Waals surface area contributed by atoms with E-state index in [2.05, 4.69) is 27.8 Å². The Morgan fingerprint density at radius 3 is 2.84 bits per heavy atom. The van der Waals surface area contributed by atoms with E-state index >= 15 is 0 Å². The van der Waals surface area contributed by atoms with Gasteiger partial charge in [0.05, 0.1) is 0 Å². The summed E-state index contributed by atoms with van der Waals surface area (Å²) >= 11 is 3.30. The number of carboxylic acids is 1. The average molecular weight is 329 g/mol. The molecule has 0 saturated carbocycles. The summed E-state index contributed by atoms with van der Waals surface area (Å²) in [7, 11) is 0. The molecule has 0 radical (unpaired) electrons. The van der Waals surface area contributed by atoms with Crippen molar-refractivity contribution in [2.75, 3.05) is 0 Å². The normalized spacial score (nSPS) is 11.9. The number of rotatable bonds is 7. The Hall–Kier alpha value is -1.56. The molecule has 1 aromatic heterocycles. The summed E-state index contributed by atoms with van der Waals surface area (Å²) in [6.07, 6.45) is 4.29. The minimum Gasteiger partial charge on any atom is -0.480 e. The maximum Gasteiger partial charge on any atom is 0.326 e. The van der Waals surface area contributed by atoms with E-state index in [0.29, 0.717) is 25.1 Å². The Morgan fingerprint density at radius 2 is 2.32 bits per heavy atom. The summed E-state index contributed by atoms with van der Waals surface area (Å²) in [5, 5.41) is 11.6. The van der Waals surface area contributed by atoms with Crippen LogP contribution >= 0.6 is 15.9 Å². The minimum absolute atomic E-state index is 0.332. The number of aryl methyl sites for hydroxylation is 1. The lowest BCUT2D eigenvalue weighted by atomic mass is 10.1. The van der Waals surface area contributed by atoms with Gasteiger partial charge in [-0.3, -0.25) is 4.79 Å². The molecule has 2 N–H and O–H groups in total. The van der Waals surface area contributed by atoms with Crippen LogP contribution in [0.1, 0.15) is 30.3 Å². The number of amides is 1. The van der Waals surface area contributed by atoms with Crippen molar-refractivity contribution in [1.82, 2.24) is 9.88 Å². The first-order valence-corrected chi connectivity index (χ1v) is 6.79. The molecule has 0 aliphatic heterocycles. The van der Waals surface area contributed by atoms with Gasteiger partial charge < -0.3 is 15.0 Å². The molecule has 1 aromatic rings. The van der Waals surface area contributed by atoms with Crippen molar-refractivity contribution >= 4 is 27.8 Å². The van der Waals surface area contributed by atoms with Gasteiger partial charge in [0.1, 0.15) is 11.7 Å². The molecular formula is C13H17BrN2O3. The van der Waals surface area contributed by atoms with Crippen molar-refractivity contribution < 1.29 is 14.7 Å². The van der Waals surface area contributed by atoms with E-state index in [4.69, 9.17) is 5.11 Å². The molecule has 0 aliphatic rings. The summed E-state index contributed by atoms with van der Waals surface area (Å²) in [6.45, 7) is 6.09. The predicted molar refractivity (Wildman–Crippen MR) is 76.1 cm³/mol. The maximum absolute atomic E-state index is 12.1. The highest BCUT2D eigenvalue weighted by molar-refractivity contribution is 9.10. The largest absolute Gasteiger partial charge is 0.480 e. The van der Waals surface area contributed by atoms with Gasteiger partial charge in [0.25, 0.3) is 5.91 Å². The molecule has 0 saturated heterocycles. The zero-order valence-corrected chi connectivity index (χ0v) is 12.3. The third-order valence-corrected chi connectivity index (χ3v) is 3.13. The third kappa shape index (κ3) is 4.24. The second-order valence-corrected chi connectivity index (χ2v) is 4.98. The quantitative estimate of drug-likeness (QED) is 0.755. The molecule has 6 heteroatoms. The molecule has 104 valence electrons. The van der Waals surface area contributed by atoms with Gasteiger partial charge >= 0.3 is 5.97 Å². The number of nitrogens with zero attached hydrogens (tertiary/aromatic N) is 1. The standard InChI is InChI=1S/C13H17BrN2O3/c1-3-5-6-10(13(18)19)15-12(17)11-7-9(14)8-16(11)4-2/h3,7-8,10H,1,4-6H2,2H3,(H,15,17)(H,18,19). The molecule has 0 bridgehead atoms. The number of aromatic nitrogens is 1. The van der Waals surface area contributed by atoms with Crippen molar-refractivity contribution in [2.24, 2.45) is 0 Å². The number of halogens is 1. The smallest absolute Gasteiger partial charge is 0.326 e. The number of nitrogens with one attached hydrogen (secondary N) is 1. The molecule has 1 rings (SSSR count). The van der Waals surface area contributed by atoms with E-state index < -0.39 is 12.0 Å². The van der Waals surface area contributed by atoms with Crippen LogP contribution in [0.5, 0.6) is 0 Å². The van der Waals surface area contributed by atoms with Gasteiger partial charge in [-0.1, -0.05) is 6.08 Å². The number of hydrogen-bond donors (Lipinski definition) is 2. The number of aliphatic carboxylic acids is 1. The molecule has 0 fully saturated rings. The monoisotopic (exact) mass is 328 g/mol. The predicted octanol–water partition coefficient (Wildman–Crippen LogP) is 2.42. The van der Waals surface area contributed by atoms with E-state index in [9.17, 15) is 9.59 Å². The molecule has 1 heterocycles. The summed E-state index contributed by atoms with van der Waals surface area (Å²) in [5.74, 6) is -1.42. The highest BCUT2D eigenvalue weighted by atomic mass is 79.9. The van der Waals surface area contributed by atoms with Crippen molar-refractivity contribution in [3.05, 3.63) is 35.1 Å². The molecule has 1 atom stereocenters. The molecule has 0 aliphatic carbocycles. The van der Waals surface area contributed by atoms with Crippen molar-refractivity contribution in [3.8, 4) is 0 Å². The van der Waals surface area contributed by atoms with Gasteiger partial charge in [0.2, 0.25) is 0 Å². The second kappa shape index (κ2) is 7.13. The Balaban J connectivity index is 2.81. The molecule has 1 amide bonds. The Labute approximate surface area is 120 Å². The zero-order valence-electron chi connectivity index (χ0n) is 10.7. The van der Waals surface area contributed by atoms with Crippen LogP contribution in [-0.4, -0.2) is 27.6 Å². The fraction of sp³-hybridized carbons (Fsp3) is 0.385. The van der Waals surface area contributed by atoms with Crippen LogP contribution in [0.25, 0.3) is 0 Å². The Bertz CT molecular complexity index is 482. The van der Waals surface area contributed by atoms with Crippen molar-refractivity contribution in [2.45, 2.75) is 32.4 Å². The Kier molecular flexibility index (Phi) is 5.82. The van der Waals surface area contributed by atoms with Crippen LogP contribution in [0.2, 0.25) is 0 Å². The summed E-state index contributed by atoms with van der Waals surface area (Å²) in [5.41, 5.74) is 0.444. The van der Waals surface area contributed by atoms with E-state index in [1.54, 1.807) is 22.9 Å². The molecule has 5 nitrogen and oxygen atoms in total. The van der Waals surface area contributed by atoms with Crippen LogP contribution in [-0.2, 0) is 11.3 Å². The average Bonchev–Trinajstić information content (AvgIpc) is 2.75. The zero-order chi connectivity index (χ0) is 14.4. The van der Waals surface area contributed by atoms with E-state index in [1.165, 1.54) is 0 Å². The lowest BCUT2D eigenvalue weighted by Gasteiger charge is -2.14. The van der Waals surface area contributed by atoms with Gasteiger partial charge in [-0.15, -0.1) is 6.58 Å². The molecule has 0 spiro atoms. The van der Waals surface area contributed by atoms with Crippen LogP contribution in [0.3, 0.4) is 0 Å². The van der Waals surface area contributed by atoms with E-state index in [1.807, 2.05) is 6.92 Å². The summed E-state index contributed by atoms with van der Waals surface area (Å²) in [6, 6.07) is 0.773. The number of hydrogen-bond acceptors (Lipinski definition) is 2. The van der Waals surface area contributed by atoms with Crippen LogP contribution in [0.4, 0.5) is 0 Å². The van der Waals surface area contributed by atoms with Gasteiger partial charge in [-0.25, -0.2) is 4.79 Å². The summed E-state index contributed by atoms with van der Waals surface area (Å²) < 4.78 is 2.55. The molecule has 1 unspecified atom stereocenters. The fourth-order valence-electron chi connectivity index (χ4n) is 1.70. The minimum atomic E-state index is -1.04. The van der Waals surface area contributed by atoms with Gasteiger partial charge in [-0.2, -0.15) is 0 Å². The SMILES string of the molecule is C=CCCC(NC(=O)c1cc(Br)cn1CC)C(=O)O. The first kappa shape index (κ1) is 15.5. The van der Waals surface area contributed by atoms with Crippen LogP contribution in [0, 0.1) is 0 Å². The summed E-state index contributed by atoms with van der Waals surface area (Å²) in [4.78, 5) is 23.1. The molecule has 0 aromatic carbocycles. The lowest BCUT2D eigenvalue weighted by Crippen LogP contribution is -2.41. The van der Waals surface area contributed by atoms with Crippen molar-refractivity contribution in [1.29, 1.82) is 0 Å². The van der Waals surface area contributed by atoms with Crippen LogP contribution in [0.15, 0.2) is 29.4 Å². The Morgan fingerprint density at radius 1 is 1.63 bits per heavy atom. The third-order valence-electron chi connectivity index (χ3n) is 2.70. The van der Waals surface area contributed by atoms with Gasteiger partial charge in [0.15, 0.2) is 0 Å². The number of allylic oxidation sites excluding steroid dienone is 1. The van der Waals surface area contributed by atoms with E-state index in [-0.39, 0.29) is 5.91 Å². The van der Waals surface area contributed by atoms with Crippen molar-refractivity contribution in [3.63, 3.8) is 0 Å². The first-order chi connectivity index (χ1) is 8.99. The molecule has 19 heavy (non-hydrogen) atoms. The lowest BCUT2D eigenvalue weighted by molar-refractivity contribution is -0.139. The van der Waals surface area contributed by atoms with E-state index in [0.717, 1.165) is 4.47 Å². The first-order valence-electron chi connectivity index (χ1n) is 5.99. The highest BCUT2D eigenvalue weighted by Crippen LogP contribution is 2.15. The highest BCUT2D eigenvalue weighted by Gasteiger charge is 2.21. The number of carbonyl (C=O) groups is 2. The fourth-order valence-corrected chi connectivity index (χ4v) is 2.16. The number of carboxylic acid groups (broad SMARTS) is 1.